The summed E-state index contributed by atoms with van der Waals surface area (Å²) in [4.78, 5) is 20.0. The van der Waals surface area contributed by atoms with Gasteiger partial charge in [0.15, 0.2) is 0 Å². The van der Waals surface area contributed by atoms with E-state index in [-0.39, 0.29) is 12.1 Å². The maximum Gasteiger partial charge on any atom is 0.404 e. The van der Waals surface area contributed by atoms with Gasteiger partial charge >= 0.3 is 6.09 Å². The van der Waals surface area contributed by atoms with Gasteiger partial charge in [-0.1, -0.05) is 0 Å². The van der Waals surface area contributed by atoms with E-state index in [1.807, 2.05) is 24.7 Å². The third-order valence-corrected chi connectivity index (χ3v) is 5.57. The smallest absolute Gasteiger partial charge is 0.404 e. The molecule has 142 valence electrons. The third kappa shape index (κ3) is 4.11. The van der Waals surface area contributed by atoms with Gasteiger partial charge < -0.3 is 21.1 Å². The molecule has 1 saturated carbocycles. The van der Waals surface area contributed by atoms with Crippen LogP contribution in [-0.4, -0.2) is 43.0 Å². The molecule has 0 unspecified atom stereocenters. The van der Waals surface area contributed by atoms with Crippen molar-refractivity contribution in [1.29, 1.82) is 0 Å². The summed E-state index contributed by atoms with van der Waals surface area (Å²) in [5.41, 5.74) is 1.73. The minimum Gasteiger partial charge on any atom is -0.465 e. The second-order valence-corrected chi connectivity index (χ2v) is 7.62. The van der Waals surface area contributed by atoms with E-state index in [0.29, 0.717) is 5.95 Å². The molecular weight excluding hydrogens is 366 g/mol. The molecule has 3 aromatic rings. The van der Waals surface area contributed by atoms with Crippen LogP contribution >= 0.6 is 11.3 Å². The quantitative estimate of drug-likeness (QED) is 0.531. The van der Waals surface area contributed by atoms with Crippen LogP contribution in [0.1, 0.15) is 25.7 Å². The van der Waals surface area contributed by atoms with Crippen molar-refractivity contribution in [2.75, 3.05) is 10.6 Å². The first kappa shape index (κ1) is 17.5. The lowest BCUT2D eigenvalue weighted by Crippen LogP contribution is -2.39. The van der Waals surface area contributed by atoms with E-state index in [0.717, 1.165) is 47.4 Å². The molecule has 1 fully saturated rings. The molecule has 0 radical (unpaired) electrons. The zero-order chi connectivity index (χ0) is 18.8. The molecule has 1 aliphatic rings. The molecule has 27 heavy (non-hydrogen) atoms. The maximum absolute atomic E-state index is 10.8. The molecule has 0 spiro atoms. The van der Waals surface area contributed by atoms with Gasteiger partial charge in [0.2, 0.25) is 5.95 Å². The number of fused-ring (bicyclic) bond motifs is 1. The fraction of sp³-hybridized carbons (Fsp3) is 0.412. The van der Waals surface area contributed by atoms with Crippen molar-refractivity contribution in [2.45, 2.75) is 37.8 Å². The highest BCUT2D eigenvalue weighted by molar-refractivity contribution is 7.17. The Hall–Kier alpha value is -2.88. The standard InChI is InChI=1S/C17H21N7O2S/c1-24-9-12(8-18-24)20-16-22-13-6-7-27-14(13)15(23-16)19-10-2-4-11(5-3-10)21-17(25)26/h6-11,21H,2-5H2,1H3,(H,25,26)(H2,19,20,22,23)/t10-,11+. The number of carboxylic acid groups (broad SMARTS) is 1. The van der Waals surface area contributed by atoms with Gasteiger partial charge in [0.05, 0.1) is 22.1 Å². The molecule has 0 atom stereocenters. The van der Waals surface area contributed by atoms with Crippen molar-refractivity contribution in [2.24, 2.45) is 7.05 Å². The molecule has 1 aliphatic carbocycles. The minimum atomic E-state index is -0.950. The Labute approximate surface area is 159 Å². The molecule has 0 aromatic carbocycles. The summed E-state index contributed by atoms with van der Waals surface area (Å²) in [5, 5.41) is 24.3. The fourth-order valence-electron chi connectivity index (χ4n) is 3.38. The van der Waals surface area contributed by atoms with Crippen molar-refractivity contribution in [3.05, 3.63) is 23.8 Å². The van der Waals surface area contributed by atoms with Crippen molar-refractivity contribution >= 4 is 45.1 Å². The van der Waals surface area contributed by atoms with Gasteiger partial charge in [0.25, 0.3) is 0 Å². The van der Waals surface area contributed by atoms with Crippen LogP contribution in [0, 0.1) is 0 Å². The molecule has 9 nitrogen and oxygen atoms in total. The highest BCUT2D eigenvalue weighted by atomic mass is 32.1. The van der Waals surface area contributed by atoms with Crippen LogP contribution in [0.25, 0.3) is 10.2 Å². The Bertz CT molecular complexity index is 946. The number of rotatable bonds is 5. The molecule has 1 amide bonds. The van der Waals surface area contributed by atoms with Crippen molar-refractivity contribution in [3.63, 3.8) is 0 Å². The first-order chi connectivity index (χ1) is 13.1. The molecule has 0 aliphatic heterocycles. The van der Waals surface area contributed by atoms with Gasteiger partial charge in [0.1, 0.15) is 5.82 Å². The normalized spacial score (nSPS) is 19.7. The molecule has 3 aromatic heterocycles. The number of nitrogens with zero attached hydrogens (tertiary/aromatic N) is 4. The average Bonchev–Trinajstić information content (AvgIpc) is 3.25. The SMILES string of the molecule is Cn1cc(Nc2nc(N[C@H]3CC[C@@H](NC(=O)O)CC3)c3sccc3n2)cn1. The summed E-state index contributed by atoms with van der Waals surface area (Å²) in [6.45, 7) is 0. The van der Waals surface area contributed by atoms with E-state index < -0.39 is 6.09 Å². The molecule has 3 heterocycles. The number of thiophene rings is 1. The van der Waals surface area contributed by atoms with Crippen LogP contribution in [0.15, 0.2) is 23.8 Å². The number of nitrogens with one attached hydrogen (secondary N) is 3. The van der Waals surface area contributed by atoms with E-state index >= 15 is 0 Å². The Morgan fingerprint density at radius 2 is 2.04 bits per heavy atom. The van der Waals surface area contributed by atoms with Gasteiger partial charge in [-0.2, -0.15) is 10.1 Å². The van der Waals surface area contributed by atoms with Crippen LogP contribution < -0.4 is 16.0 Å². The van der Waals surface area contributed by atoms with E-state index in [9.17, 15) is 4.79 Å². The van der Waals surface area contributed by atoms with E-state index in [4.69, 9.17) is 5.11 Å². The summed E-state index contributed by atoms with van der Waals surface area (Å²) in [6, 6.07) is 2.29. The Morgan fingerprint density at radius 1 is 1.26 bits per heavy atom. The number of carbonyl (C=O) groups is 1. The van der Waals surface area contributed by atoms with E-state index in [1.165, 1.54) is 0 Å². The summed E-state index contributed by atoms with van der Waals surface area (Å²) < 4.78 is 2.74. The molecule has 0 bridgehead atoms. The lowest BCUT2D eigenvalue weighted by atomic mass is 9.91. The third-order valence-electron chi connectivity index (χ3n) is 4.66. The Kier molecular flexibility index (Phi) is 4.80. The predicted molar refractivity (Wildman–Crippen MR) is 105 cm³/mol. The van der Waals surface area contributed by atoms with Crippen molar-refractivity contribution in [1.82, 2.24) is 25.1 Å². The number of hydrogen-bond donors (Lipinski definition) is 4. The first-order valence-corrected chi connectivity index (χ1v) is 9.71. The van der Waals surface area contributed by atoms with Crippen molar-refractivity contribution < 1.29 is 9.90 Å². The topological polar surface area (TPSA) is 117 Å². The second-order valence-electron chi connectivity index (χ2n) is 6.70. The summed E-state index contributed by atoms with van der Waals surface area (Å²) in [7, 11) is 1.86. The first-order valence-electron chi connectivity index (χ1n) is 8.84. The van der Waals surface area contributed by atoms with Crippen LogP contribution in [-0.2, 0) is 7.05 Å². The largest absolute Gasteiger partial charge is 0.465 e. The van der Waals surface area contributed by atoms with E-state index in [2.05, 4.69) is 31.0 Å². The van der Waals surface area contributed by atoms with E-state index in [1.54, 1.807) is 22.2 Å². The monoisotopic (exact) mass is 387 g/mol. The second kappa shape index (κ2) is 7.39. The number of aromatic nitrogens is 4. The van der Waals surface area contributed by atoms with Crippen LogP contribution in [0.3, 0.4) is 0 Å². The summed E-state index contributed by atoms with van der Waals surface area (Å²) in [5.74, 6) is 1.34. The summed E-state index contributed by atoms with van der Waals surface area (Å²) in [6.07, 6.45) is 6.08. The molecule has 10 heteroatoms. The molecule has 0 saturated heterocycles. The lowest BCUT2D eigenvalue weighted by Gasteiger charge is -2.29. The van der Waals surface area contributed by atoms with Gasteiger partial charge in [-0.15, -0.1) is 11.3 Å². The van der Waals surface area contributed by atoms with Gasteiger partial charge in [-0.05, 0) is 37.1 Å². The highest BCUT2D eigenvalue weighted by Gasteiger charge is 2.23. The minimum absolute atomic E-state index is 0.0375. The van der Waals surface area contributed by atoms with Gasteiger partial charge in [0, 0.05) is 25.3 Å². The summed E-state index contributed by atoms with van der Waals surface area (Å²) >= 11 is 1.61. The Balaban J connectivity index is 1.49. The number of aryl methyl sites for hydroxylation is 1. The molecule has 4 rings (SSSR count). The zero-order valence-electron chi connectivity index (χ0n) is 14.8. The maximum atomic E-state index is 10.8. The zero-order valence-corrected chi connectivity index (χ0v) is 15.7. The predicted octanol–water partition coefficient (Wildman–Crippen LogP) is 3.16. The van der Waals surface area contributed by atoms with Gasteiger partial charge in [-0.3, -0.25) is 4.68 Å². The van der Waals surface area contributed by atoms with Gasteiger partial charge in [-0.25, -0.2) is 9.78 Å². The average molecular weight is 387 g/mol. The lowest BCUT2D eigenvalue weighted by molar-refractivity contribution is 0.185. The fourth-order valence-corrected chi connectivity index (χ4v) is 4.17. The van der Waals surface area contributed by atoms with Crippen LogP contribution in [0.5, 0.6) is 0 Å². The molecule has 4 N–H and O–H groups in total. The number of anilines is 3. The number of amides is 1. The van der Waals surface area contributed by atoms with Crippen molar-refractivity contribution in [3.8, 4) is 0 Å². The van der Waals surface area contributed by atoms with Crippen LogP contribution in [0.4, 0.5) is 22.2 Å². The van der Waals surface area contributed by atoms with Crippen LogP contribution in [0.2, 0.25) is 0 Å². The Morgan fingerprint density at radius 3 is 2.74 bits per heavy atom. The number of hydrogen-bond acceptors (Lipinski definition) is 7. The molecular formula is C17H21N7O2S. The highest BCUT2D eigenvalue weighted by Crippen LogP contribution is 2.30.